The van der Waals surface area contributed by atoms with Gasteiger partial charge in [0.05, 0.1) is 36.0 Å². The third kappa shape index (κ3) is 8.07. The summed E-state index contributed by atoms with van der Waals surface area (Å²) >= 11 is 13.1. The van der Waals surface area contributed by atoms with E-state index in [9.17, 15) is 18.3 Å². The number of methoxy groups -OCH3 is 1. The number of nitrogens with one attached hydrogen (secondary N) is 2. The van der Waals surface area contributed by atoms with Crippen LogP contribution in [-0.2, 0) is 14.8 Å². The van der Waals surface area contributed by atoms with Gasteiger partial charge in [-0.15, -0.1) is 11.8 Å². The lowest BCUT2D eigenvalue weighted by Gasteiger charge is -2.22. The number of sulfonamides is 1. The van der Waals surface area contributed by atoms with Gasteiger partial charge < -0.3 is 19.9 Å². The molecular formula is C19H24Cl2N4O6S2. The van der Waals surface area contributed by atoms with E-state index in [0.29, 0.717) is 5.03 Å². The van der Waals surface area contributed by atoms with Gasteiger partial charge in [-0.05, 0) is 32.9 Å². The highest BCUT2D eigenvalue weighted by atomic mass is 35.5. The maximum Gasteiger partial charge on any atom is 0.407 e. The predicted molar refractivity (Wildman–Crippen MR) is 127 cm³/mol. The molecule has 182 valence electrons. The van der Waals surface area contributed by atoms with Crippen LogP contribution in [0.3, 0.4) is 0 Å². The normalized spacial score (nSPS) is 12.7. The topological polar surface area (TPSA) is 140 Å². The third-order valence-corrected chi connectivity index (χ3v) is 7.10. The molecule has 0 radical (unpaired) electrons. The van der Waals surface area contributed by atoms with Crippen LogP contribution in [0.4, 0.5) is 10.6 Å². The zero-order valence-corrected chi connectivity index (χ0v) is 21.4. The van der Waals surface area contributed by atoms with Crippen LogP contribution in [0.5, 0.6) is 5.88 Å². The zero-order chi connectivity index (χ0) is 24.8. The molecule has 0 saturated carbocycles. The Labute approximate surface area is 206 Å². The van der Waals surface area contributed by atoms with Gasteiger partial charge in [0.15, 0.2) is 0 Å². The van der Waals surface area contributed by atoms with Crippen LogP contribution in [0.25, 0.3) is 0 Å². The van der Waals surface area contributed by atoms with Gasteiger partial charge in [-0.2, -0.15) is 0 Å². The Morgan fingerprint density at radius 1 is 1.30 bits per heavy atom. The van der Waals surface area contributed by atoms with Crippen molar-refractivity contribution in [2.24, 2.45) is 0 Å². The Bertz CT molecular complexity index is 1100. The average molecular weight is 539 g/mol. The van der Waals surface area contributed by atoms with Gasteiger partial charge in [0, 0.05) is 5.75 Å². The predicted octanol–water partition coefficient (Wildman–Crippen LogP) is 3.57. The van der Waals surface area contributed by atoms with E-state index in [1.807, 2.05) is 0 Å². The van der Waals surface area contributed by atoms with E-state index < -0.39 is 27.8 Å². The Balaban J connectivity index is 2.11. The summed E-state index contributed by atoms with van der Waals surface area (Å²) in [4.78, 5) is 20.0. The quantitative estimate of drug-likeness (QED) is 0.408. The number of anilines is 1. The number of nitrogens with zero attached hydrogens (tertiary/aromatic N) is 2. The number of ether oxygens (including phenoxy) is 2. The molecule has 0 unspecified atom stereocenters. The Kier molecular flexibility index (Phi) is 9.44. The Morgan fingerprint density at radius 3 is 2.61 bits per heavy atom. The molecule has 2 rings (SSSR count). The number of rotatable bonds is 9. The number of hydrogen-bond donors (Lipinski definition) is 3. The summed E-state index contributed by atoms with van der Waals surface area (Å²) < 4.78 is 38.1. The molecule has 0 saturated heterocycles. The standard InChI is InChI=1S/C19H24Cl2N4O6S2/c1-19(2,3)31-18(27)23-11(9-26)10-32-14-8-22-16(17(24-14)30-4)25-33(28,29)13-7-5-6-12(20)15(13)21/h5-8,11,26H,9-10H2,1-4H3,(H,22,25)(H,23,27)/t11-/m1/s1. The fourth-order valence-corrected chi connectivity index (χ4v) is 4.92. The maximum absolute atomic E-state index is 12.7. The number of hydrogen-bond acceptors (Lipinski definition) is 9. The van der Waals surface area contributed by atoms with Crippen LogP contribution >= 0.6 is 35.0 Å². The molecule has 3 N–H and O–H groups in total. The zero-order valence-electron chi connectivity index (χ0n) is 18.3. The average Bonchev–Trinajstić information content (AvgIpc) is 2.72. The highest BCUT2D eigenvalue weighted by molar-refractivity contribution is 7.99. The first-order valence-electron chi connectivity index (χ1n) is 9.47. The van der Waals surface area contributed by atoms with E-state index in [4.69, 9.17) is 32.7 Å². The number of aromatic nitrogens is 2. The van der Waals surface area contributed by atoms with Crippen molar-refractivity contribution >= 4 is 56.9 Å². The van der Waals surface area contributed by atoms with Gasteiger partial charge in [-0.3, -0.25) is 4.72 Å². The van der Waals surface area contributed by atoms with Gasteiger partial charge in [0.2, 0.25) is 5.82 Å². The smallest absolute Gasteiger partial charge is 0.407 e. The molecular weight excluding hydrogens is 515 g/mol. The Morgan fingerprint density at radius 2 is 2.00 bits per heavy atom. The maximum atomic E-state index is 12.7. The highest BCUT2D eigenvalue weighted by Gasteiger charge is 2.23. The lowest BCUT2D eigenvalue weighted by atomic mass is 10.2. The number of aliphatic hydroxyl groups is 1. The number of halogens is 2. The van der Waals surface area contributed by atoms with Gasteiger partial charge >= 0.3 is 6.09 Å². The van der Waals surface area contributed by atoms with Gasteiger partial charge in [-0.25, -0.2) is 23.2 Å². The largest absolute Gasteiger partial charge is 0.478 e. The van der Waals surface area contributed by atoms with Crippen LogP contribution in [0.15, 0.2) is 34.3 Å². The summed E-state index contributed by atoms with van der Waals surface area (Å²) in [6.45, 7) is 4.86. The number of amides is 1. The first-order valence-corrected chi connectivity index (χ1v) is 12.7. The second kappa shape index (κ2) is 11.4. The van der Waals surface area contributed by atoms with Crippen molar-refractivity contribution in [3.8, 4) is 5.88 Å². The fraction of sp³-hybridized carbons (Fsp3) is 0.421. The summed E-state index contributed by atoms with van der Waals surface area (Å²) in [5, 5.41) is 12.4. The lowest BCUT2D eigenvalue weighted by molar-refractivity contribution is 0.0491. The van der Waals surface area contributed by atoms with Crippen molar-refractivity contribution in [2.75, 3.05) is 24.2 Å². The van der Waals surface area contributed by atoms with Gasteiger partial charge in [0.25, 0.3) is 15.9 Å². The van der Waals surface area contributed by atoms with Crippen LogP contribution < -0.4 is 14.8 Å². The van der Waals surface area contributed by atoms with E-state index in [1.165, 1.54) is 43.3 Å². The van der Waals surface area contributed by atoms with Crippen molar-refractivity contribution in [1.82, 2.24) is 15.3 Å². The molecule has 10 nitrogen and oxygen atoms in total. The van der Waals surface area contributed by atoms with E-state index >= 15 is 0 Å². The molecule has 1 atom stereocenters. The second-order valence-electron chi connectivity index (χ2n) is 7.56. The summed E-state index contributed by atoms with van der Waals surface area (Å²) in [6, 6.07) is 3.61. The molecule has 0 aliphatic heterocycles. The molecule has 0 aliphatic rings. The molecule has 1 amide bonds. The van der Waals surface area contributed by atoms with Crippen LogP contribution in [0, 0.1) is 0 Å². The SMILES string of the molecule is COc1nc(SC[C@@H](CO)NC(=O)OC(C)(C)C)cnc1NS(=O)(=O)c1cccc(Cl)c1Cl. The minimum absolute atomic E-state index is 0.0811. The molecule has 14 heteroatoms. The van der Waals surface area contributed by atoms with Crippen molar-refractivity contribution in [2.45, 2.75) is 42.3 Å². The van der Waals surface area contributed by atoms with Crippen LogP contribution in [-0.4, -0.2) is 60.7 Å². The van der Waals surface area contributed by atoms with E-state index in [-0.39, 0.29) is 39.0 Å². The summed E-state index contributed by atoms with van der Waals surface area (Å²) in [6.07, 6.45) is 0.669. The molecule has 1 aromatic carbocycles. The summed E-state index contributed by atoms with van der Waals surface area (Å²) in [5.41, 5.74) is -0.672. The molecule has 1 heterocycles. The number of thioether (sulfide) groups is 1. The van der Waals surface area contributed by atoms with Crippen molar-refractivity contribution < 1.29 is 27.8 Å². The Hall–Kier alpha value is -1.99. The molecule has 0 bridgehead atoms. The molecule has 33 heavy (non-hydrogen) atoms. The van der Waals surface area contributed by atoms with Crippen LogP contribution in [0.2, 0.25) is 10.0 Å². The molecule has 0 fully saturated rings. The van der Waals surface area contributed by atoms with Crippen molar-refractivity contribution in [3.05, 3.63) is 34.4 Å². The van der Waals surface area contributed by atoms with Crippen LogP contribution in [0.1, 0.15) is 20.8 Å². The first-order chi connectivity index (χ1) is 15.4. The fourth-order valence-electron chi connectivity index (χ4n) is 2.31. The molecule has 1 aromatic heterocycles. The first kappa shape index (κ1) is 27.3. The summed E-state index contributed by atoms with van der Waals surface area (Å²) in [5.74, 6) is 0.0161. The summed E-state index contributed by atoms with van der Waals surface area (Å²) in [7, 11) is -2.81. The monoisotopic (exact) mass is 538 g/mol. The second-order valence-corrected chi connectivity index (χ2v) is 11.0. The molecule has 0 aliphatic carbocycles. The van der Waals surface area contributed by atoms with E-state index in [1.54, 1.807) is 20.8 Å². The van der Waals surface area contributed by atoms with Gasteiger partial charge in [-0.1, -0.05) is 29.3 Å². The number of carbonyl (C=O) groups is 1. The van der Waals surface area contributed by atoms with E-state index in [2.05, 4.69) is 20.0 Å². The van der Waals surface area contributed by atoms with Crippen molar-refractivity contribution in [1.29, 1.82) is 0 Å². The third-order valence-electron chi connectivity index (χ3n) is 3.72. The van der Waals surface area contributed by atoms with E-state index in [0.717, 1.165) is 0 Å². The number of carbonyl (C=O) groups excluding carboxylic acids is 1. The van der Waals surface area contributed by atoms with Gasteiger partial charge in [0.1, 0.15) is 15.5 Å². The minimum atomic E-state index is -4.12. The molecule has 0 spiro atoms. The number of benzene rings is 1. The minimum Gasteiger partial charge on any atom is -0.478 e. The number of alkyl carbamates (subject to hydrolysis) is 1. The van der Waals surface area contributed by atoms with Crippen molar-refractivity contribution in [3.63, 3.8) is 0 Å². The highest BCUT2D eigenvalue weighted by Crippen LogP contribution is 2.31. The number of aliphatic hydroxyl groups excluding tert-OH is 1. The lowest BCUT2D eigenvalue weighted by Crippen LogP contribution is -2.42. The molecule has 2 aromatic rings.